The lowest BCUT2D eigenvalue weighted by molar-refractivity contribution is 0.0943. The second-order valence-corrected chi connectivity index (χ2v) is 6.18. The smallest absolute Gasteiger partial charge is 0.270 e. The zero-order chi connectivity index (χ0) is 20.6. The topological polar surface area (TPSA) is 76.1 Å². The third-order valence-electron chi connectivity index (χ3n) is 4.00. The Labute approximate surface area is 167 Å². The summed E-state index contributed by atoms with van der Waals surface area (Å²) in [6.07, 6.45) is 0.658. The molecule has 2 N–H and O–H groups in total. The van der Waals surface area contributed by atoms with Crippen molar-refractivity contribution < 1.29 is 18.3 Å². The lowest BCUT2D eigenvalue weighted by Crippen LogP contribution is -2.26. The first-order valence-corrected chi connectivity index (χ1v) is 9.00. The number of nitrogens with zero attached hydrogens (tertiary/aromatic N) is 2. The van der Waals surface area contributed by atoms with Gasteiger partial charge in [-0.1, -0.05) is 30.3 Å². The minimum absolute atomic E-state index is 0.0376. The molecule has 0 bridgehead atoms. The van der Waals surface area contributed by atoms with Gasteiger partial charge < -0.3 is 15.4 Å². The van der Waals surface area contributed by atoms with Crippen LogP contribution >= 0.6 is 0 Å². The van der Waals surface area contributed by atoms with Crippen LogP contribution in [0.2, 0.25) is 0 Å². The summed E-state index contributed by atoms with van der Waals surface area (Å²) in [5.41, 5.74) is 0.862. The van der Waals surface area contributed by atoms with Gasteiger partial charge in [-0.15, -0.1) is 0 Å². The summed E-state index contributed by atoms with van der Waals surface area (Å²) in [6, 6.07) is 13.7. The van der Waals surface area contributed by atoms with Crippen molar-refractivity contribution in [2.45, 2.75) is 6.42 Å². The van der Waals surface area contributed by atoms with Crippen molar-refractivity contribution in [3.05, 3.63) is 71.9 Å². The standard InChI is InChI=1S/C21H20F2N4O2/c1-29-11-5-10-24-21(28)18-13-19(25-17-9-8-15(22)12-16(17)23)27-20(26-18)14-6-3-2-4-7-14/h2-4,6-9,12-13H,5,10-11H2,1H3,(H,24,28)(H,25,26,27). The third-order valence-corrected chi connectivity index (χ3v) is 4.00. The average Bonchev–Trinajstić information content (AvgIpc) is 2.73. The van der Waals surface area contributed by atoms with Gasteiger partial charge in [0, 0.05) is 38.0 Å². The number of carbonyl (C=O) groups is 1. The zero-order valence-corrected chi connectivity index (χ0v) is 15.8. The second kappa shape index (κ2) is 9.70. The molecular weight excluding hydrogens is 378 g/mol. The van der Waals surface area contributed by atoms with Crippen molar-refractivity contribution in [2.75, 3.05) is 25.6 Å². The summed E-state index contributed by atoms with van der Waals surface area (Å²) in [5.74, 6) is -1.32. The highest BCUT2D eigenvalue weighted by molar-refractivity contribution is 5.93. The van der Waals surface area contributed by atoms with Gasteiger partial charge in [0.05, 0.1) is 5.69 Å². The van der Waals surface area contributed by atoms with Crippen LogP contribution in [0.1, 0.15) is 16.9 Å². The van der Waals surface area contributed by atoms with Gasteiger partial charge in [0.15, 0.2) is 5.82 Å². The number of ether oxygens (including phenoxy) is 1. The molecule has 0 fully saturated rings. The van der Waals surface area contributed by atoms with Gasteiger partial charge in [0.25, 0.3) is 5.91 Å². The number of rotatable bonds is 8. The number of benzene rings is 2. The summed E-state index contributed by atoms with van der Waals surface area (Å²) in [6.45, 7) is 0.947. The van der Waals surface area contributed by atoms with Gasteiger partial charge in [-0.05, 0) is 18.6 Å². The molecule has 1 aromatic heterocycles. The molecular formula is C21H20F2N4O2. The molecule has 8 heteroatoms. The molecule has 3 rings (SSSR count). The molecule has 0 atom stereocenters. The van der Waals surface area contributed by atoms with E-state index >= 15 is 0 Å². The molecule has 0 aliphatic heterocycles. The number of amides is 1. The molecule has 150 valence electrons. The third kappa shape index (κ3) is 5.55. The quantitative estimate of drug-likeness (QED) is 0.563. The van der Waals surface area contributed by atoms with E-state index in [0.29, 0.717) is 31.0 Å². The number of hydrogen-bond acceptors (Lipinski definition) is 5. The summed E-state index contributed by atoms with van der Waals surface area (Å²) >= 11 is 0. The predicted molar refractivity (Wildman–Crippen MR) is 106 cm³/mol. The van der Waals surface area contributed by atoms with Crippen LogP contribution in [0.15, 0.2) is 54.6 Å². The average molecular weight is 398 g/mol. The van der Waals surface area contributed by atoms with Crippen LogP contribution in [0.3, 0.4) is 0 Å². The van der Waals surface area contributed by atoms with Crippen LogP contribution in [0, 0.1) is 11.6 Å². The number of anilines is 2. The molecule has 0 radical (unpaired) electrons. The molecule has 0 spiro atoms. The largest absolute Gasteiger partial charge is 0.385 e. The van der Waals surface area contributed by atoms with Crippen LogP contribution in [0.25, 0.3) is 11.4 Å². The molecule has 2 aromatic carbocycles. The molecule has 29 heavy (non-hydrogen) atoms. The maximum Gasteiger partial charge on any atom is 0.270 e. The maximum atomic E-state index is 14.0. The molecule has 6 nitrogen and oxygen atoms in total. The molecule has 0 unspecified atom stereocenters. The first-order valence-electron chi connectivity index (χ1n) is 9.00. The Morgan fingerprint density at radius 1 is 1.07 bits per heavy atom. The minimum atomic E-state index is -0.768. The normalized spacial score (nSPS) is 10.6. The number of hydrogen-bond donors (Lipinski definition) is 2. The van der Waals surface area contributed by atoms with E-state index in [1.54, 1.807) is 19.2 Å². The Morgan fingerprint density at radius 2 is 1.86 bits per heavy atom. The maximum absolute atomic E-state index is 14.0. The van der Waals surface area contributed by atoms with Gasteiger partial charge >= 0.3 is 0 Å². The number of nitrogens with one attached hydrogen (secondary N) is 2. The first kappa shape index (κ1) is 20.3. The van der Waals surface area contributed by atoms with Crippen molar-refractivity contribution in [1.82, 2.24) is 15.3 Å². The lowest BCUT2D eigenvalue weighted by atomic mass is 10.2. The Hall–Kier alpha value is -3.39. The van der Waals surface area contributed by atoms with E-state index in [1.807, 2.05) is 18.2 Å². The highest BCUT2D eigenvalue weighted by Crippen LogP contribution is 2.23. The number of methoxy groups -OCH3 is 1. The van der Waals surface area contributed by atoms with Crippen molar-refractivity contribution in [1.29, 1.82) is 0 Å². The van der Waals surface area contributed by atoms with Crippen LogP contribution < -0.4 is 10.6 Å². The van der Waals surface area contributed by atoms with Crippen molar-refractivity contribution in [3.63, 3.8) is 0 Å². The summed E-state index contributed by atoms with van der Waals surface area (Å²) in [4.78, 5) is 21.2. The van der Waals surface area contributed by atoms with Gasteiger partial charge in [0.1, 0.15) is 23.1 Å². The van der Waals surface area contributed by atoms with Crippen LogP contribution in [0.4, 0.5) is 20.3 Å². The number of halogens is 2. The highest BCUT2D eigenvalue weighted by Gasteiger charge is 2.14. The highest BCUT2D eigenvalue weighted by atomic mass is 19.1. The Kier molecular flexibility index (Phi) is 6.80. The van der Waals surface area contributed by atoms with Crippen molar-refractivity contribution >= 4 is 17.4 Å². The monoisotopic (exact) mass is 398 g/mol. The minimum Gasteiger partial charge on any atom is -0.385 e. The Bertz CT molecular complexity index is 984. The Balaban J connectivity index is 1.91. The molecule has 0 saturated carbocycles. The Morgan fingerprint density at radius 3 is 2.59 bits per heavy atom. The molecule has 0 aliphatic carbocycles. The van der Waals surface area contributed by atoms with Crippen LogP contribution in [-0.4, -0.2) is 36.1 Å². The number of carbonyl (C=O) groups excluding carboxylic acids is 1. The van der Waals surface area contributed by atoms with Gasteiger partial charge in [-0.2, -0.15) is 0 Å². The molecule has 0 aliphatic rings. The fourth-order valence-corrected chi connectivity index (χ4v) is 2.58. The van der Waals surface area contributed by atoms with E-state index in [2.05, 4.69) is 20.6 Å². The fourth-order valence-electron chi connectivity index (χ4n) is 2.58. The number of aromatic nitrogens is 2. The van der Waals surface area contributed by atoms with Gasteiger partial charge in [-0.25, -0.2) is 18.7 Å². The SMILES string of the molecule is COCCCNC(=O)c1cc(Nc2ccc(F)cc2F)nc(-c2ccccc2)n1. The molecule has 1 amide bonds. The lowest BCUT2D eigenvalue weighted by Gasteiger charge is -2.11. The van der Waals surface area contributed by atoms with E-state index in [9.17, 15) is 13.6 Å². The van der Waals surface area contributed by atoms with Crippen molar-refractivity contribution in [3.8, 4) is 11.4 Å². The summed E-state index contributed by atoms with van der Waals surface area (Å²) < 4.78 is 32.1. The molecule has 3 aromatic rings. The van der Waals surface area contributed by atoms with Crippen LogP contribution in [-0.2, 0) is 4.74 Å². The van der Waals surface area contributed by atoms with Gasteiger partial charge in [0.2, 0.25) is 0 Å². The predicted octanol–water partition coefficient (Wildman–Crippen LogP) is 3.93. The zero-order valence-electron chi connectivity index (χ0n) is 15.8. The van der Waals surface area contributed by atoms with E-state index in [1.165, 1.54) is 12.1 Å². The summed E-state index contributed by atoms with van der Waals surface area (Å²) in [5, 5.41) is 5.55. The molecule has 1 heterocycles. The van der Waals surface area contributed by atoms with E-state index < -0.39 is 11.6 Å². The summed E-state index contributed by atoms with van der Waals surface area (Å²) in [7, 11) is 1.59. The van der Waals surface area contributed by atoms with Crippen LogP contribution in [0.5, 0.6) is 0 Å². The van der Waals surface area contributed by atoms with Gasteiger partial charge in [-0.3, -0.25) is 4.79 Å². The molecule has 0 saturated heterocycles. The fraction of sp³-hybridized carbons (Fsp3) is 0.190. The van der Waals surface area contributed by atoms with E-state index in [4.69, 9.17) is 4.74 Å². The van der Waals surface area contributed by atoms with Crippen molar-refractivity contribution in [2.24, 2.45) is 0 Å². The second-order valence-electron chi connectivity index (χ2n) is 6.18. The first-order chi connectivity index (χ1) is 14.1. The van der Waals surface area contributed by atoms with E-state index in [-0.39, 0.29) is 23.1 Å². The van der Waals surface area contributed by atoms with E-state index in [0.717, 1.165) is 12.1 Å².